The van der Waals surface area contributed by atoms with Crippen LogP contribution in [0.4, 0.5) is 0 Å². The van der Waals surface area contributed by atoms with Crippen molar-refractivity contribution in [2.45, 2.75) is 26.7 Å². The first-order valence-electron chi connectivity index (χ1n) is 3.76. The molecular weight excluding hydrogens is 124 g/mol. The predicted molar refractivity (Wildman–Crippen MR) is 43.8 cm³/mol. The number of aldehydes is 1. The average molecular weight is 140 g/mol. The lowest BCUT2D eigenvalue weighted by Crippen LogP contribution is -2.04. The summed E-state index contributed by atoms with van der Waals surface area (Å²) < 4.78 is 0. The van der Waals surface area contributed by atoms with Crippen molar-refractivity contribution in [1.29, 1.82) is 0 Å². The molecule has 58 valence electrons. The highest BCUT2D eigenvalue weighted by Gasteiger charge is 2.06. The summed E-state index contributed by atoms with van der Waals surface area (Å²) in [6.45, 7) is 7.85. The standard InChI is InChI=1S/C9H16O/c1-4-5-9(7-10)6-8(2)3/h4,7-9H,1,5-6H2,2-3H3. The highest BCUT2D eigenvalue weighted by atomic mass is 16.1. The number of carbonyl (C=O) groups excluding carboxylic acids is 1. The Hall–Kier alpha value is -0.590. The molecule has 1 unspecified atom stereocenters. The molecule has 1 atom stereocenters. The lowest BCUT2D eigenvalue weighted by molar-refractivity contribution is -0.111. The van der Waals surface area contributed by atoms with Crippen LogP contribution in [0, 0.1) is 11.8 Å². The van der Waals surface area contributed by atoms with Gasteiger partial charge in [-0.2, -0.15) is 0 Å². The van der Waals surface area contributed by atoms with Crippen LogP contribution in [0.25, 0.3) is 0 Å². The maximum atomic E-state index is 10.4. The van der Waals surface area contributed by atoms with E-state index in [1.165, 1.54) is 0 Å². The molecule has 0 fully saturated rings. The van der Waals surface area contributed by atoms with Crippen LogP contribution >= 0.6 is 0 Å². The lowest BCUT2D eigenvalue weighted by atomic mass is 9.96. The first kappa shape index (κ1) is 9.41. The molecule has 0 bridgehead atoms. The fourth-order valence-electron chi connectivity index (χ4n) is 1.03. The van der Waals surface area contributed by atoms with Crippen molar-refractivity contribution in [2.24, 2.45) is 11.8 Å². The Labute approximate surface area is 63.1 Å². The van der Waals surface area contributed by atoms with E-state index in [0.29, 0.717) is 5.92 Å². The van der Waals surface area contributed by atoms with Crippen LogP contribution in [-0.2, 0) is 4.79 Å². The summed E-state index contributed by atoms with van der Waals surface area (Å²) in [5.74, 6) is 0.799. The van der Waals surface area contributed by atoms with E-state index in [0.717, 1.165) is 19.1 Å². The highest BCUT2D eigenvalue weighted by Crippen LogP contribution is 2.12. The van der Waals surface area contributed by atoms with Crippen molar-refractivity contribution >= 4 is 6.29 Å². The van der Waals surface area contributed by atoms with Crippen molar-refractivity contribution in [3.05, 3.63) is 12.7 Å². The van der Waals surface area contributed by atoms with Gasteiger partial charge in [0.15, 0.2) is 0 Å². The summed E-state index contributed by atoms with van der Waals surface area (Å²) in [6.07, 6.45) is 4.64. The first-order chi connectivity index (χ1) is 4.70. The zero-order valence-corrected chi connectivity index (χ0v) is 6.84. The van der Waals surface area contributed by atoms with Gasteiger partial charge >= 0.3 is 0 Å². The molecule has 0 aromatic rings. The second-order valence-electron chi connectivity index (χ2n) is 3.05. The Bertz CT molecular complexity index is 105. The van der Waals surface area contributed by atoms with Crippen molar-refractivity contribution in [3.63, 3.8) is 0 Å². The van der Waals surface area contributed by atoms with E-state index in [1.54, 1.807) is 6.08 Å². The summed E-state index contributed by atoms with van der Waals surface area (Å²) in [5, 5.41) is 0. The van der Waals surface area contributed by atoms with Crippen molar-refractivity contribution in [2.75, 3.05) is 0 Å². The van der Waals surface area contributed by atoms with Gasteiger partial charge in [0.1, 0.15) is 6.29 Å². The minimum atomic E-state index is 0.192. The molecule has 0 aliphatic rings. The molecule has 0 rings (SSSR count). The molecule has 0 aliphatic carbocycles. The molecule has 10 heavy (non-hydrogen) atoms. The predicted octanol–water partition coefficient (Wildman–Crippen LogP) is 2.42. The van der Waals surface area contributed by atoms with Crippen LogP contribution in [-0.4, -0.2) is 6.29 Å². The van der Waals surface area contributed by atoms with Crippen LogP contribution in [0.5, 0.6) is 0 Å². The third-order valence-electron chi connectivity index (χ3n) is 1.44. The number of allylic oxidation sites excluding steroid dienone is 1. The van der Waals surface area contributed by atoms with Gasteiger partial charge in [-0.3, -0.25) is 0 Å². The zero-order valence-electron chi connectivity index (χ0n) is 6.84. The Morgan fingerprint density at radius 1 is 1.50 bits per heavy atom. The lowest BCUT2D eigenvalue weighted by Gasteiger charge is -2.09. The molecule has 0 aromatic carbocycles. The first-order valence-corrected chi connectivity index (χ1v) is 3.76. The van der Waals surface area contributed by atoms with Gasteiger partial charge in [-0.15, -0.1) is 6.58 Å². The van der Waals surface area contributed by atoms with Gasteiger partial charge in [0.05, 0.1) is 0 Å². The Kier molecular flexibility index (Phi) is 4.91. The van der Waals surface area contributed by atoms with Gasteiger partial charge < -0.3 is 4.79 Å². The SMILES string of the molecule is C=CCC(C=O)CC(C)C. The monoisotopic (exact) mass is 140 g/mol. The van der Waals surface area contributed by atoms with E-state index >= 15 is 0 Å². The molecule has 0 aromatic heterocycles. The number of hydrogen-bond acceptors (Lipinski definition) is 1. The second-order valence-corrected chi connectivity index (χ2v) is 3.05. The normalized spacial score (nSPS) is 13.1. The fraction of sp³-hybridized carbons (Fsp3) is 0.667. The third-order valence-corrected chi connectivity index (χ3v) is 1.44. The van der Waals surface area contributed by atoms with Gasteiger partial charge in [0.25, 0.3) is 0 Å². The zero-order chi connectivity index (χ0) is 7.98. The molecule has 0 saturated heterocycles. The summed E-state index contributed by atoms with van der Waals surface area (Å²) in [6, 6.07) is 0. The van der Waals surface area contributed by atoms with E-state index in [2.05, 4.69) is 20.4 Å². The Balaban J connectivity index is 3.59. The third kappa shape index (κ3) is 4.30. The largest absolute Gasteiger partial charge is 0.303 e. The topological polar surface area (TPSA) is 17.1 Å². The summed E-state index contributed by atoms with van der Waals surface area (Å²) in [4.78, 5) is 10.4. The Morgan fingerprint density at radius 2 is 2.10 bits per heavy atom. The maximum Gasteiger partial charge on any atom is 0.123 e. The molecule has 0 aliphatic heterocycles. The van der Waals surface area contributed by atoms with Crippen LogP contribution in [0.1, 0.15) is 26.7 Å². The number of carbonyl (C=O) groups is 1. The van der Waals surface area contributed by atoms with Gasteiger partial charge in [0, 0.05) is 5.92 Å². The molecule has 0 spiro atoms. The van der Waals surface area contributed by atoms with Crippen LogP contribution in [0.2, 0.25) is 0 Å². The highest BCUT2D eigenvalue weighted by molar-refractivity contribution is 5.53. The minimum Gasteiger partial charge on any atom is -0.303 e. The quantitative estimate of drug-likeness (QED) is 0.423. The molecule has 0 N–H and O–H groups in total. The fourth-order valence-corrected chi connectivity index (χ4v) is 1.03. The van der Waals surface area contributed by atoms with E-state index in [-0.39, 0.29) is 5.92 Å². The second kappa shape index (κ2) is 5.21. The molecule has 0 amide bonds. The van der Waals surface area contributed by atoms with Gasteiger partial charge in [-0.25, -0.2) is 0 Å². The average Bonchev–Trinajstić information content (AvgIpc) is 1.86. The summed E-state index contributed by atoms with van der Waals surface area (Å²) >= 11 is 0. The minimum absolute atomic E-state index is 0.192. The van der Waals surface area contributed by atoms with Crippen LogP contribution < -0.4 is 0 Å². The number of hydrogen-bond donors (Lipinski definition) is 0. The van der Waals surface area contributed by atoms with Crippen LogP contribution in [0.3, 0.4) is 0 Å². The van der Waals surface area contributed by atoms with Crippen molar-refractivity contribution < 1.29 is 4.79 Å². The smallest absolute Gasteiger partial charge is 0.123 e. The number of rotatable bonds is 5. The van der Waals surface area contributed by atoms with Crippen molar-refractivity contribution in [3.8, 4) is 0 Å². The Morgan fingerprint density at radius 3 is 2.40 bits per heavy atom. The molecule has 1 nitrogen and oxygen atoms in total. The summed E-state index contributed by atoms with van der Waals surface area (Å²) in [5.41, 5.74) is 0. The van der Waals surface area contributed by atoms with Crippen molar-refractivity contribution in [1.82, 2.24) is 0 Å². The van der Waals surface area contributed by atoms with E-state index in [4.69, 9.17) is 0 Å². The maximum absolute atomic E-state index is 10.4. The summed E-state index contributed by atoms with van der Waals surface area (Å²) in [7, 11) is 0. The molecule has 0 radical (unpaired) electrons. The van der Waals surface area contributed by atoms with Gasteiger partial charge in [0.2, 0.25) is 0 Å². The van der Waals surface area contributed by atoms with Gasteiger partial charge in [-0.05, 0) is 18.8 Å². The van der Waals surface area contributed by atoms with E-state index < -0.39 is 0 Å². The molecule has 1 heteroatoms. The molecule has 0 saturated carbocycles. The van der Waals surface area contributed by atoms with Crippen LogP contribution in [0.15, 0.2) is 12.7 Å². The van der Waals surface area contributed by atoms with Gasteiger partial charge in [-0.1, -0.05) is 19.9 Å². The molecule has 0 heterocycles. The molecular formula is C9H16O. The van der Waals surface area contributed by atoms with E-state index in [9.17, 15) is 4.79 Å². The van der Waals surface area contributed by atoms with E-state index in [1.807, 2.05) is 0 Å².